The molecule has 31 heavy (non-hydrogen) atoms. The first-order valence-corrected chi connectivity index (χ1v) is 11.3. The molecule has 0 unspecified atom stereocenters. The van der Waals surface area contributed by atoms with Crippen LogP contribution in [0.15, 0.2) is 59.1 Å². The molecule has 0 saturated heterocycles. The van der Waals surface area contributed by atoms with Gasteiger partial charge in [0.1, 0.15) is 0 Å². The molecule has 2 aliphatic heterocycles. The summed E-state index contributed by atoms with van der Waals surface area (Å²) in [6, 6.07) is 11.8. The lowest BCUT2D eigenvalue weighted by molar-refractivity contribution is -0.117. The van der Waals surface area contributed by atoms with Crippen molar-refractivity contribution in [1.29, 1.82) is 0 Å². The van der Waals surface area contributed by atoms with Crippen LogP contribution in [0.3, 0.4) is 0 Å². The molecule has 7 heterocycles. The highest BCUT2D eigenvalue weighted by molar-refractivity contribution is 7.16. The largest absolute Gasteiger partial charge is 0.358 e. The molecule has 0 bridgehead atoms. The zero-order valence-electron chi connectivity index (χ0n) is 15.8. The van der Waals surface area contributed by atoms with Crippen molar-refractivity contribution in [1.82, 2.24) is 25.6 Å². The van der Waals surface area contributed by atoms with E-state index in [9.17, 15) is 9.59 Å². The Hall–Kier alpha value is -3.82. The van der Waals surface area contributed by atoms with Crippen LogP contribution < -0.4 is 10.6 Å². The number of aromatic nitrogens is 3. The number of H-pyrrole nitrogens is 3. The van der Waals surface area contributed by atoms with E-state index in [2.05, 4.69) is 31.7 Å². The fourth-order valence-corrected chi connectivity index (χ4v) is 6.01. The van der Waals surface area contributed by atoms with Crippen LogP contribution in [-0.4, -0.2) is 26.8 Å². The maximum atomic E-state index is 12.7. The number of hydrogen-bond donors (Lipinski definition) is 5. The number of carbonyl (C=O) groups is 2. The van der Waals surface area contributed by atoms with E-state index in [0.717, 1.165) is 42.4 Å². The first-order chi connectivity index (χ1) is 15.2. The molecule has 0 aliphatic carbocycles. The van der Waals surface area contributed by atoms with Gasteiger partial charge in [0.15, 0.2) is 0 Å². The van der Waals surface area contributed by atoms with Crippen LogP contribution in [0.2, 0.25) is 0 Å². The van der Waals surface area contributed by atoms with Crippen molar-refractivity contribution >= 4 is 67.9 Å². The molecule has 0 atom stereocenters. The van der Waals surface area contributed by atoms with Crippen LogP contribution in [0.1, 0.15) is 9.75 Å². The summed E-state index contributed by atoms with van der Waals surface area (Å²) in [6.45, 7) is 0. The Labute approximate surface area is 182 Å². The first kappa shape index (κ1) is 16.9. The van der Waals surface area contributed by atoms with Crippen LogP contribution in [0.4, 0.5) is 0 Å². The number of hydrogen-bond acceptors (Lipinski definition) is 4. The number of thiophene rings is 2. The third kappa shape index (κ3) is 2.27. The summed E-state index contributed by atoms with van der Waals surface area (Å²) in [7, 11) is 0. The molecule has 5 aromatic heterocycles. The van der Waals surface area contributed by atoms with E-state index < -0.39 is 0 Å². The van der Waals surface area contributed by atoms with Crippen molar-refractivity contribution in [2.45, 2.75) is 0 Å². The number of rotatable bonds is 3. The second-order valence-electron chi connectivity index (χ2n) is 7.41. The van der Waals surface area contributed by atoms with E-state index in [1.165, 1.54) is 22.7 Å². The maximum absolute atomic E-state index is 12.7. The molecule has 9 heteroatoms. The lowest BCUT2D eigenvalue weighted by atomic mass is 10.1. The van der Waals surface area contributed by atoms with Crippen molar-refractivity contribution in [3.8, 4) is 10.6 Å². The molecule has 2 amide bonds. The van der Waals surface area contributed by atoms with Crippen molar-refractivity contribution in [3.63, 3.8) is 0 Å². The lowest BCUT2D eigenvalue weighted by Crippen LogP contribution is -2.20. The summed E-state index contributed by atoms with van der Waals surface area (Å²) in [6.07, 6.45) is 1.91. The molecule has 7 nitrogen and oxygen atoms in total. The van der Waals surface area contributed by atoms with Gasteiger partial charge in [0.2, 0.25) is 0 Å². The Bertz CT molecular complexity index is 1620. The molecule has 150 valence electrons. The fraction of sp³-hybridized carbons (Fsp3) is 0. The molecule has 0 saturated carbocycles. The molecule has 0 spiro atoms. The minimum Gasteiger partial charge on any atom is -0.358 e. The van der Waals surface area contributed by atoms with Gasteiger partial charge in [-0.2, -0.15) is 0 Å². The van der Waals surface area contributed by atoms with Gasteiger partial charge in [-0.3, -0.25) is 9.59 Å². The molecule has 5 aromatic rings. The summed E-state index contributed by atoms with van der Waals surface area (Å²) < 4.78 is 0. The molecule has 0 aromatic carbocycles. The van der Waals surface area contributed by atoms with Gasteiger partial charge in [0.25, 0.3) is 11.8 Å². The van der Waals surface area contributed by atoms with Crippen molar-refractivity contribution in [3.05, 3.63) is 68.9 Å². The molecular formula is C22H13N5O2S2. The Morgan fingerprint density at radius 3 is 2.29 bits per heavy atom. The van der Waals surface area contributed by atoms with Crippen molar-refractivity contribution in [2.75, 3.05) is 0 Å². The Balaban J connectivity index is 1.33. The van der Waals surface area contributed by atoms with Gasteiger partial charge in [0, 0.05) is 6.20 Å². The average molecular weight is 444 g/mol. The van der Waals surface area contributed by atoms with Gasteiger partial charge < -0.3 is 25.6 Å². The third-order valence-corrected chi connectivity index (χ3v) is 7.67. The molecule has 5 N–H and O–H groups in total. The third-order valence-electron chi connectivity index (χ3n) is 5.65. The smallest absolute Gasteiger partial charge is 0.258 e. The van der Waals surface area contributed by atoms with Crippen molar-refractivity contribution < 1.29 is 9.59 Å². The number of aromatic amines is 3. The minimum atomic E-state index is -0.246. The number of carbonyl (C=O) groups excluding carboxylic acids is 2. The molecule has 0 radical (unpaired) electrons. The second kappa shape index (κ2) is 5.87. The highest BCUT2D eigenvalue weighted by Crippen LogP contribution is 2.41. The maximum Gasteiger partial charge on any atom is 0.258 e. The zero-order chi connectivity index (χ0) is 20.7. The zero-order valence-corrected chi connectivity index (χ0v) is 17.4. The highest BCUT2D eigenvalue weighted by Gasteiger charge is 2.41. The summed E-state index contributed by atoms with van der Waals surface area (Å²) in [5.41, 5.74) is 7.17. The highest BCUT2D eigenvalue weighted by atomic mass is 32.1. The lowest BCUT2D eigenvalue weighted by Gasteiger charge is -2.04. The number of fused-ring (bicyclic) bond motifs is 4. The van der Waals surface area contributed by atoms with E-state index in [4.69, 9.17) is 0 Å². The van der Waals surface area contributed by atoms with E-state index >= 15 is 0 Å². The fourth-order valence-electron chi connectivity index (χ4n) is 4.30. The predicted octanol–water partition coefficient (Wildman–Crippen LogP) is 4.15. The monoisotopic (exact) mass is 443 g/mol. The summed E-state index contributed by atoms with van der Waals surface area (Å²) in [5.74, 6) is -0.493. The quantitative estimate of drug-likeness (QED) is 0.289. The Kier molecular flexibility index (Phi) is 3.20. The normalized spacial score (nSPS) is 16.1. The topological polar surface area (TPSA) is 106 Å². The summed E-state index contributed by atoms with van der Waals surface area (Å²) in [4.78, 5) is 38.3. The van der Waals surface area contributed by atoms with Crippen LogP contribution in [0.5, 0.6) is 0 Å². The van der Waals surface area contributed by atoms with Gasteiger partial charge >= 0.3 is 0 Å². The Morgan fingerprint density at radius 1 is 0.742 bits per heavy atom. The van der Waals surface area contributed by atoms with E-state index in [1.54, 1.807) is 0 Å². The summed E-state index contributed by atoms with van der Waals surface area (Å²) >= 11 is 3.03. The molecule has 0 fully saturated rings. The van der Waals surface area contributed by atoms with Crippen LogP contribution in [0, 0.1) is 0 Å². The minimum absolute atomic E-state index is 0.246. The Morgan fingerprint density at radius 2 is 1.52 bits per heavy atom. The van der Waals surface area contributed by atoms with Gasteiger partial charge in [-0.15, -0.1) is 22.7 Å². The van der Waals surface area contributed by atoms with Gasteiger partial charge in [-0.1, -0.05) is 6.07 Å². The van der Waals surface area contributed by atoms with Gasteiger partial charge in [-0.25, -0.2) is 0 Å². The predicted molar refractivity (Wildman–Crippen MR) is 122 cm³/mol. The van der Waals surface area contributed by atoms with Gasteiger partial charge in [0.05, 0.1) is 64.9 Å². The van der Waals surface area contributed by atoms with Gasteiger partial charge in [-0.05, 0) is 35.7 Å². The molecular weight excluding hydrogens is 430 g/mol. The number of nitrogens with one attached hydrogen (secondary N) is 5. The van der Waals surface area contributed by atoms with E-state index in [-0.39, 0.29) is 11.8 Å². The van der Waals surface area contributed by atoms with Crippen molar-refractivity contribution in [2.24, 2.45) is 0 Å². The van der Waals surface area contributed by atoms with E-state index in [1.807, 2.05) is 41.9 Å². The average Bonchev–Trinajstić information content (AvgIpc) is 3.56. The SMILES string of the molecule is O=C1NC(c2ccc(-c3cc4[nH]c5cc[nH]c5c4[nH]3)s2)=C2C(=O)NC(c3cccs3)=C12. The molecule has 2 aliphatic rings. The molecule has 7 rings (SSSR count). The standard InChI is InChI=1S/C22H13N5O2S2/c28-21-15-16(22(29)26-19(15)13-2-1-7-30-13)20(27-21)14-4-3-12(31-14)10-8-11-18(25-10)17-9(24-11)5-6-23-17/h1-8,23-25H,(H,26,29)(H,27,28). The second-order valence-corrected chi connectivity index (χ2v) is 9.44. The van der Waals surface area contributed by atoms with E-state index in [0.29, 0.717) is 22.5 Å². The number of amides is 2. The summed E-state index contributed by atoms with van der Waals surface area (Å²) in [5, 5.41) is 7.72. The van der Waals surface area contributed by atoms with Crippen LogP contribution >= 0.6 is 22.7 Å². The van der Waals surface area contributed by atoms with Crippen LogP contribution in [0.25, 0.3) is 44.0 Å². The van der Waals surface area contributed by atoms with Crippen LogP contribution in [-0.2, 0) is 9.59 Å². The first-order valence-electron chi connectivity index (χ1n) is 9.61.